The Balaban J connectivity index is 2.75. The van der Waals surface area contributed by atoms with Crippen LogP contribution in [0, 0.1) is 6.92 Å². The van der Waals surface area contributed by atoms with Gasteiger partial charge in [-0.1, -0.05) is 31.5 Å². The molecule has 0 aliphatic rings. The van der Waals surface area contributed by atoms with Gasteiger partial charge < -0.3 is 10.5 Å². The summed E-state index contributed by atoms with van der Waals surface area (Å²) in [5.74, 6) is -0.139. The molecule has 0 saturated carbocycles. The van der Waals surface area contributed by atoms with Gasteiger partial charge in [0.2, 0.25) is 0 Å². The van der Waals surface area contributed by atoms with Gasteiger partial charge >= 0.3 is 5.97 Å². The summed E-state index contributed by atoms with van der Waals surface area (Å²) in [6.45, 7) is 6.10. The third kappa shape index (κ3) is 2.92. The van der Waals surface area contributed by atoms with Gasteiger partial charge in [-0.25, -0.2) is 4.79 Å². The van der Waals surface area contributed by atoms with E-state index in [1.54, 1.807) is 0 Å². The largest absolute Gasteiger partial charge is 0.465 e. The number of thiophene rings is 1. The predicted molar refractivity (Wildman–Crippen MR) is 89.3 cm³/mol. The summed E-state index contributed by atoms with van der Waals surface area (Å²) in [4.78, 5) is 13.2. The Morgan fingerprint density at radius 3 is 2.57 bits per heavy atom. The molecule has 112 valence electrons. The average Bonchev–Trinajstić information content (AvgIpc) is 2.79. The number of benzene rings is 1. The summed E-state index contributed by atoms with van der Waals surface area (Å²) < 4.78 is 4.89. The van der Waals surface area contributed by atoms with Gasteiger partial charge in [0.15, 0.2) is 0 Å². The van der Waals surface area contributed by atoms with Gasteiger partial charge in [0.1, 0.15) is 10.6 Å². The number of nitrogens with two attached hydrogens (primary N) is 1. The van der Waals surface area contributed by atoms with Crippen molar-refractivity contribution in [3.05, 3.63) is 39.2 Å². The molecular formula is C16H18ClNO2S. The van der Waals surface area contributed by atoms with E-state index in [0.29, 0.717) is 15.6 Å². The van der Waals surface area contributed by atoms with E-state index in [-0.39, 0.29) is 5.92 Å². The van der Waals surface area contributed by atoms with Crippen molar-refractivity contribution in [2.24, 2.45) is 0 Å². The zero-order valence-corrected chi connectivity index (χ0v) is 14.1. The molecule has 0 bridgehead atoms. The highest BCUT2D eigenvalue weighted by molar-refractivity contribution is 7.17. The number of halogens is 1. The lowest BCUT2D eigenvalue weighted by atomic mass is 9.96. The number of hydrogen-bond acceptors (Lipinski definition) is 4. The molecule has 2 rings (SSSR count). The highest BCUT2D eigenvalue weighted by atomic mass is 35.5. The van der Waals surface area contributed by atoms with Gasteiger partial charge in [0.05, 0.1) is 7.11 Å². The molecule has 2 aromatic rings. The summed E-state index contributed by atoms with van der Waals surface area (Å²) in [5.41, 5.74) is 9.27. The van der Waals surface area contributed by atoms with E-state index >= 15 is 0 Å². The standard InChI is InChI=1S/C16H18ClNO2S/c1-8(2)14-12(10-5-6-11(17)9(3)7-10)13(15(18)21-14)16(19)20-4/h5-8H,18H2,1-4H3. The van der Waals surface area contributed by atoms with Crippen LogP contribution in [0.25, 0.3) is 11.1 Å². The van der Waals surface area contributed by atoms with Gasteiger partial charge in [-0.05, 0) is 36.1 Å². The number of carbonyl (C=O) groups excluding carboxylic acids is 1. The molecule has 2 N–H and O–H groups in total. The minimum atomic E-state index is -0.404. The van der Waals surface area contributed by atoms with Crippen molar-refractivity contribution in [2.75, 3.05) is 12.8 Å². The molecule has 1 heterocycles. The van der Waals surface area contributed by atoms with Crippen molar-refractivity contribution in [3.63, 3.8) is 0 Å². The van der Waals surface area contributed by atoms with Crippen LogP contribution < -0.4 is 5.73 Å². The molecule has 1 aromatic heterocycles. The Hall–Kier alpha value is -1.52. The highest BCUT2D eigenvalue weighted by Crippen LogP contribution is 2.43. The second-order valence-corrected chi connectivity index (χ2v) is 6.68. The van der Waals surface area contributed by atoms with Crippen LogP contribution in [0.3, 0.4) is 0 Å². The summed E-state index contributed by atoms with van der Waals surface area (Å²) in [7, 11) is 1.37. The van der Waals surface area contributed by atoms with Crippen molar-refractivity contribution in [3.8, 4) is 11.1 Å². The Morgan fingerprint density at radius 2 is 2.05 bits per heavy atom. The van der Waals surface area contributed by atoms with Crippen LogP contribution in [0.2, 0.25) is 5.02 Å². The van der Waals surface area contributed by atoms with E-state index in [4.69, 9.17) is 22.1 Å². The van der Waals surface area contributed by atoms with E-state index in [9.17, 15) is 4.79 Å². The lowest BCUT2D eigenvalue weighted by molar-refractivity contribution is 0.0603. The van der Waals surface area contributed by atoms with Crippen LogP contribution in [0.4, 0.5) is 5.00 Å². The SMILES string of the molecule is COC(=O)c1c(N)sc(C(C)C)c1-c1ccc(Cl)c(C)c1. The second kappa shape index (κ2) is 6.08. The number of rotatable bonds is 3. The van der Waals surface area contributed by atoms with Crippen LogP contribution in [0.15, 0.2) is 18.2 Å². The maximum absolute atomic E-state index is 12.1. The lowest BCUT2D eigenvalue weighted by Crippen LogP contribution is -2.05. The first-order chi connectivity index (χ1) is 9.86. The Labute approximate surface area is 133 Å². The number of ether oxygens (including phenoxy) is 1. The van der Waals surface area contributed by atoms with Crippen LogP contribution in [-0.2, 0) is 4.74 Å². The molecule has 0 atom stereocenters. The Morgan fingerprint density at radius 1 is 1.38 bits per heavy atom. The third-order valence-corrected chi connectivity index (χ3v) is 5.07. The molecule has 0 amide bonds. The predicted octanol–water partition coefficient (Wildman–Crippen LogP) is 4.87. The zero-order valence-electron chi connectivity index (χ0n) is 12.5. The fourth-order valence-corrected chi connectivity index (χ4v) is 3.46. The van der Waals surface area contributed by atoms with Gasteiger partial charge in [0, 0.05) is 15.5 Å². The van der Waals surface area contributed by atoms with E-state index < -0.39 is 5.97 Å². The van der Waals surface area contributed by atoms with Gasteiger partial charge in [-0.3, -0.25) is 0 Å². The number of hydrogen-bond donors (Lipinski definition) is 1. The van der Waals surface area contributed by atoms with Crippen LogP contribution >= 0.6 is 22.9 Å². The fourth-order valence-electron chi connectivity index (χ4n) is 2.26. The summed E-state index contributed by atoms with van der Waals surface area (Å²) >= 11 is 7.53. The third-order valence-electron chi connectivity index (χ3n) is 3.32. The van der Waals surface area contributed by atoms with Crippen LogP contribution in [0.1, 0.15) is 40.6 Å². The summed E-state index contributed by atoms with van der Waals surface area (Å²) in [6, 6.07) is 5.72. The van der Waals surface area contributed by atoms with Crippen molar-refractivity contribution >= 4 is 33.9 Å². The molecule has 0 saturated heterocycles. The van der Waals surface area contributed by atoms with E-state index in [1.165, 1.54) is 18.4 Å². The topological polar surface area (TPSA) is 52.3 Å². The minimum absolute atomic E-state index is 0.265. The van der Waals surface area contributed by atoms with E-state index in [2.05, 4.69) is 13.8 Å². The normalized spacial score (nSPS) is 11.0. The van der Waals surface area contributed by atoms with Gasteiger partial charge in [-0.2, -0.15) is 0 Å². The first-order valence-electron chi connectivity index (χ1n) is 6.63. The number of aryl methyl sites for hydroxylation is 1. The molecule has 21 heavy (non-hydrogen) atoms. The molecule has 0 aliphatic carbocycles. The van der Waals surface area contributed by atoms with Crippen molar-refractivity contribution in [1.82, 2.24) is 0 Å². The molecular weight excluding hydrogens is 306 g/mol. The quantitative estimate of drug-likeness (QED) is 0.820. The molecule has 0 spiro atoms. The lowest BCUT2D eigenvalue weighted by Gasteiger charge is -2.11. The fraction of sp³-hybridized carbons (Fsp3) is 0.312. The number of carbonyl (C=O) groups is 1. The number of esters is 1. The maximum atomic E-state index is 12.1. The number of methoxy groups -OCH3 is 1. The first kappa shape index (κ1) is 15.9. The number of anilines is 1. The smallest absolute Gasteiger partial charge is 0.341 e. The monoisotopic (exact) mass is 323 g/mol. The summed E-state index contributed by atoms with van der Waals surface area (Å²) in [5, 5.41) is 1.20. The van der Waals surface area contributed by atoms with Crippen molar-refractivity contribution in [1.29, 1.82) is 0 Å². The van der Waals surface area contributed by atoms with Crippen molar-refractivity contribution in [2.45, 2.75) is 26.7 Å². The average molecular weight is 324 g/mol. The first-order valence-corrected chi connectivity index (χ1v) is 7.83. The van der Waals surface area contributed by atoms with Gasteiger partial charge in [0.25, 0.3) is 0 Å². The zero-order chi connectivity index (χ0) is 15.7. The molecule has 0 radical (unpaired) electrons. The molecule has 0 unspecified atom stereocenters. The second-order valence-electron chi connectivity index (χ2n) is 5.19. The molecule has 0 fully saturated rings. The van der Waals surface area contributed by atoms with E-state index in [1.807, 2.05) is 25.1 Å². The highest BCUT2D eigenvalue weighted by Gasteiger charge is 2.25. The van der Waals surface area contributed by atoms with Crippen LogP contribution in [0.5, 0.6) is 0 Å². The van der Waals surface area contributed by atoms with E-state index in [0.717, 1.165) is 21.6 Å². The maximum Gasteiger partial charge on any atom is 0.341 e. The molecule has 1 aromatic carbocycles. The Bertz CT molecular complexity index is 692. The van der Waals surface area contributed by atoms with Crippen molar-refractivity contribution < 1.29 is 9.53 Å². The number of nitrogen functional groups attached to an aromatic ring is 1. The summed E-state index contributed by atoms with van der Waals surface area (Å²) in [6.07, 6.45) is 0. The molecule has 0 aliphatic heterocycles. The molecule has 5 heteroatoms. The molecule has 3 nitrogen and oxygen atoms in total. The minimum Gasteiger partial charge on any atom is -0.465 e. The van der Waals surface area contributed by atoms with Crippen LogP contribution in [-0.4, -0.2) is 13.1 Å². The van der Waals surface area contributed by atoms with Gasteiger partial charge in [-0.15, -0.1) is 11.3 Å². The Kier molecular flexibility index (Phi) is 4.59.